The van der Waals surface area contributed by atoms with Crippen LogP contribution < -0.4 is 5.73 Å². The lowest BCUT2D eigenvalue weighted by Crippen LogP contribution is -2.14. The molecule has 0 amide bonds. The lowest BCUT2D eigenvalue weighted by atomic mass is 10.1. The molecule has 0 spiro atoms. The van der Waals surface area contributed by atoms with Crippen molar-refractivity contribution in [3.05, 3.63) is 33.3 Å². The highest BCUT2D eigenvalue weighted by Gasteiger charge is 2.07. The van der Waals surface area contributed by atoms with Crippen LogP contribution >= 0.6 is 15.9 Å². The van der Waals surface area contributed by atoms with Gasteiger partial charge in [-0.3, -0.25) is 0 Å². The van der Waals surface area contributed by atoms with Crippen molar-refractivity contribution in [2.24, 2.45) is 10.9 Å². The van der Waals surface area contributed by atoms with Crippen LogP contribution in [-0.4, -0.2) is 11.0 Å². The molecule has 3 N–H and O–H groups in total. The summed E-state index contributed by atoms with van der Waals surface area (Å²) in [6.45, 7) is 3.91. The minimum Gasteiger partial charge on any atom is -0.409 e. The molecule has 0 aliphatic heterocycles. The van der Waals surface area contributed by atoms with E-state index in [1.165, 1.54) is 0 Å². The molecule has 1 rings (SSSR count). The largest absolute Gasteiger partial charge is 0.409 e. The number of oxime groups is 1. The Morgan fingerprint density at radius 1 is 1.46 bits per heavy atom. The number of nitrogens with two attached hydrogens (primary N) is 1. The SMILES string of the molecule is Cc1ccc(/C(N)=N/O)c(C)c1Br. The van der Waals surface area contributed by atoms with E-state index in [-0.39, 0.29) is 5.84 Å². The molecule has 0 aromatic heterocycles. The van der Waals surface area contributed by atoms with Gasteiger partial charge in [0.05, 0.1) is 0 Å². The third-order valence-electron chi connectivity index (χ3n) is 1.96. The van der Waals surface area contributed by atoms with Crippen LogP contribution in [0.3, 0.4) is 0 Å². The first-order chi connectivity index (χ1) is 6.07. The minimum absolute atomic E-state index is 0.137. The van der Waals surface area contributed by atoms with Gasteiger partial charge in [-0.25, -0.2) is 0 Å². The summed E-state index contributed by atoms with van der Waals surface area (Å²) < 4.78 is 0.997. The number of hydrogen-bond donors (Lipinski definition) is 2. The molecule has 0 bridgehead atoms. The molecule has 3 nitrogen and oxygen atoms in total. The number of rotatable bonds is 1. The van der Waals surface area contributed by atoms with Gasteiger partial charge in [0.15, 0.2) is 5.84 Å². The first-order valence-electron chi connectivity index (χ1n) is 3.81. The minimum atomic E-state index is 0.137. The summed E-state index contributed by atoms with van der Waals surface area (Å²) >= 11 is 3.44. The molecule has 0 saturated heterocycles. The molecule has 1 aromatic rings. The Bertz CT molecular complexity index is 361. The van der Waals surface area contributed by atoms with Crippen molar-refractivity contribution < 1.29 is 5.21 Å². The molecule has 1 aromatic carbocycles. The maximum atomic E-state index is 8.52. The van der Waals surface area contributed by atoms with Gasteiger partial charge < -0.3 is 10.9 Å². The van der Waals surface area contributed by atoms with Crippen LogP contribution in [0.15, 0.2) is 21.8 Å². The summed E-state index contributed by atoms with van der Waals surface area (Å²) in [6, 6.07) is 3.76. The highest BCUT2D eigenvalue weighted by Crippen LogP contribution is 2.23. The average Bonchev–Trinajstić information content (AvgIpc) is 2.13. The Balaban J connectivity index is 3.34. The second-order valence-electron chi connectivity index (χ2n) is 2.85. The molecule has 4 heteroatoms. The second kappa shape index (κ2) is 3.79. The van der Waals surface area contributed by atoms with E-state index in [0.717, 1.165) is 21.2 Å². The number of nitrogens with zero attached hydrogens (tertiary/aromatic N) is 1. The van der Waals surface area contributed by atoms with Gasteiger partial charge in [0.2, 0.25) is 0 Å². The molecule has 13 heavy (non-hydrogen) atoms. The van der Waals surface area contributed by atoms with Crippen LogP contribution in [0.4, 0.5) is 0 Å². The Kier molecular flexibility index (Phi) is 2.93. The fourth-order valence-electron chi connectivity index (χ4n) is 1.15. The van der Waals surface area contributed by atoms with Gasteiger partial charge in [0, 0.05) is 10.0 Å². The normalized spacial score (nSPS) is 11.8. The fraction of sp³-hybridized carbons (Fsp3) is 0.222. The standard InChI is InChI=1S/C9H11BrN2O/c1-5-3-4-7(9(11)12-13)6(2)8(5)10/h3-4,13H,1-2H3,(H2,11,12). The van der Waals surface area contributed by atoms with E-state index in [9.17, 15) is 0 Å². The molecule has 0 aliphatic rings. The summed E-state index contributed by atoms with van der Waals surface area (Å²) in [6.07, 6.45) is 0. The van der Waals surface area contributed by atoms with E-state index in [4.69, 9.17) is 10.9 Å². The Labute approximate surface area is 85.4 Å². The maximum absolute atomic E-state index is 8.52. The third-order valence-corrected chi connectivity index (χ3v) is 3.18. The zero-order valence-electron chi connectivity index (χ0n) is 7.50. The predicted octanol–water partition coefficient (Wildman–Crippen LogP) is 2.16. The molecular formula is C9H11BrN2O. The second-order valence-corrected chi connectivity index (χ2v) is 3.65. The van der Waals surface area contributed by atoms with E-state index < -0.39 is 0 Å². The van der Waals surface area contributed by atoms with Gasteiger partial charge in [0.1, 0.15) is 0 Å². The number of halogens is 1. The van der Waals surface area contributed by atoms with Gasteiger partial charge >= 0.3 is 0 Å². The van der Waals surface area contributed by atoms with Gasteiger partial charge in [-0.1, -0.05) is 33.2 Å². The first-order valence-corrected chi connectivity index (χ1v) is 4.60. The Morgan fingerprint density at radius 3 is 2.62 bits per heavy atom. The maximum Gasteiger partial charge on any atom is 0.170 e. The van der Waals surface area contributed by atoms with Gasteiger partial charge in [-0.2, -0.15) is 0 Å². The lowest BCUT2D eigenvalue weighted by Gasteiger charge is -2.07. The zero-order valence-corrected chi connectivity index (χ0v) is 9.09. The van der Waals surface area contributed by atoms with Gasteiger partial charge in [-0.05, 0) is 25.0 Å². The monoisotopic (exact) mass is 242 g/mol. The predicted molar refractivity (Wildman–Crippen MR) is 56.1 cm³/mol. The summed E-state index contributed by atoms with van der Waals surface area (Å²) in [7, 11) is 0. The van der Waals surface area contributed by atoms with Crippen LogP contribution in [0.2, 0.25) is 0 Å². The molecule has 0 heterocycles. The van der Waals surface area contributed by atoms with E-state index in [0.29, 0.717) is 0 Å². The summed E-state index contributed by atoms with van der Waals surface area (Å²) in [5.41, 5.74) is 8.36. The van der Waals surface area contributed by atoms with Gasteiger partial charge in [-0.15, -0.1) is 0 Å². The highest BCUT2D eigenvalue weighted by molar-refractivity contribution is 9.10. The summed E-state index contributed by atoms with van der Waals surface area (Å²) in [5, 5.41) is 11.5. The zero-order chi connectivity index (χ0) is 10.0. The van der Waals surface area contributed by atoms with Crippen LogP contribution in [-0.2, 0) is 0 Å². The van der Waals surface area contributed by atoms with Crippen molar-refractivity contribution in [2.45, 2.75) is 13.8 Å². The average molecular weight is 243 g/mol. The smallest absolute Gasteiger partial charge is 0.170 e. The fourth-order valence-corrected chi connectivity index (χ4v) is 1.50. The van der Waals surface area contributed by atoms with Crippen LogP contribution in [0.25, 0.3) is 0 Å². The highest BCUT2D eigenvalue weighted by atomic mass is 79.9. The first kappa shape index (κ1) is 10.1. The van der Waals surface area contributed by atoms with Crippen molar-refractivity contribution in [3.63, 3.8) is 0 Å². The van der Waals surface area contributed by atoms with Crippen molar-refractivity contribution in [1.29, 1.82) is 0 Å². The molecule has 0 unspecified atom stereocenters. The molecular weight excluding hydrogens is 232 g/mol. The molecule has 0 radical (unpaired) electrons. The molecule has 0 saturated carbocycles. The molecule has 0 aliphatic carbocycles. The van der Waals surface area contributed by atoms with Crippen molar-refractivity contribution in [2.75, 3.05) is 0 Å². The number of aryl methyl sites for hydroxylation is 1. The molecule has 70 valence electrons. The molecule has 0 fully saturated rings. The van der Waals surface area contributed by atoms with E-state index >= 15 is 0 Å². The van der Waals surface area contributed by atoms with E-state index in [1.807, 2.05) is 26.0 Å². The number of amidine groups is 1. The Morgan fingerprint density at radius 2 is 2.08 bits per heavy atom. The Hall–Kier alpha value is -1.03. The number of hydrogen-bond acceptors (Lipinski definition) is 2. The van der Waals surface area contributed by atoms with Crippen molar-refractivity contribution in [3.8, 4) is 0 Å². The molecule has 0 atom stereocenters. The number of benzene rings is 1. The topological polar surface area (TPSA) is 58.6 Å². The van der Waals surface area contributed by atoms with Crippen LogP contribution in [0, 0.1) is 13.8 Å². The third kappa shape index (κ3) is 1.83. The van der Waals surface area contributed by atoms with Gasteiger partial charge in [0.25, 0.3) is 0 Å². The van der Waals surface area contributed by atoms with Crippen LogP contribution in [0.1, 0.15) is 16.7 Å². The van der Waals surface area contributed by atoms with Crippen molar-refractivity contribution in [1.82, 2.24) is 0 Å². The van der Waals surface area contributed by atoms with Crippen molar-refractivity contribution >= 4 is 21.8 Å². The summed E-state index contributed by atoms with van der Waals surface area (Å²) in [4.78, 5) is 0. The quantitative estimate of drug-likeness (QED) is 0.343. The van der Waals surface area contributed by atoms with E-state index in [1.54, 1.807) is 0 Å². The lowest BCUT2D eigenvalue weighted by molar-refractivity contribution is 0.318. The van der Waals surface area contributed by atoms with E-state index in [2.05, 4.69) is 21.1 Å². The van der Waals surface area contributed by atoms with Crippen LogP contribution in [0.5, 0.6) is 0 Å². The summed E-state index contributed by atoms with van der Waals surface area (Å²) in [5.74, 6) is 0.137.